The van der Waals surface area contributed by atoms with Gasteiger partial charge in [-0.15, -0.1) is 0 Å². The summed E-state index contributed by atoms with van der Waals surface area (Å²) in [4.78, 5) is 25.4. The Hall–Kier alpha value is -1.31. The molecule has 0 aromatic heterocycles. The molecule has 1 unspecified atom stereocenters. The predicted octanol–water partition coefficient (Wildman–Crippen LogP) is 0.940. The first-order valence-corrected chi connectivity index (χ1v) is 7.49. The fraction of sp³-hybridized carbons (Fsp3) is 0.857. The second-order valence-electron chi connectivity index (χ2n) is 6.54. The second-order valence-corrected chi connectivity index (χ2v) is 6.54. The van der Waals surface area contributed by atoms with E-state index in [-0.39, 0.29) is 38.5 Å². The highest BCUT2D eigenvalue weighted by atomic mass is 19.4. The third-order valence-electron chi connectivity index (χ3n) is 5.14. The summed E-state index contributed by atoms with van der Waals surface area (Å²) in [5, 5.41) is 3.09. The summed E-state index contributed by atoms with van der Waals surface area (Å²) >= 11 is 0. The molecule has 0 aromatic carbocycles. The first kappa shape index (κ1) is 15.6. The zero-order valence-electron chi connectivity index (χ0n) is 12.3. The molecule has 3 aliphatic rings. The quantitative estimate of drug-likeness (QED) is 0.786. The number of hydrogen-bond donors (Lipinski definition) is 1. The Morgan fingerprint density at radius 2 is 1.95 bits per heavy atom. The molecule has 0 aromatic rings. The summed E-state index contributed by atoms with van der Waals surface area (Å²) < 4.78 is 44.0. The first-order chi connectivity index (χ1) is 10.3. The van der Waals surface area contributed by atoms with Gasteiger partial charge in [0.2, 0.25) is 5.91 Å². The summed E-state index contributed by atoms with van der Waals surface area (Å²) in [7, 11) is 0. The number of alkyl halides is 3. The number of nitrogens with zero attached hydrogens (tertiary/aromatic N) is 1. The van der Waals surface area contributed by atoms with Crippen LogP contribution in [0.5, 0.6) is 0 Å². The van der Waals surface area contributed by atoms with E-state index >= 15 is 0 Å². The number of carbonyl (C=O) groups excluding carboxylic acids is 2. The van der Waals surface area contributed by atoms with Crippen molar-refractivity contribution in [1.29, 1.82) is 0 Å². The van der Waals surface area contributed by atoms with Gasteiger partial charge >= 0.3 is 12.1 Å². The summed E-state index contributed by atoms with van der Waals surface area (Å²) in [6.07, 6.45) is -4.74. The number of halogens is 3. The molecule has 5 nitrogen and oxygen atoms in total. The van der Waals surface area contributed by atoms with E-state index in [0.29, 0.717) is 13.1 Å². The Bertz CT molecular complexity index is 496. The van der Waals surface area contributed by atoms with Crippen molar-refractivity contribution < 1.29 is 27.5 Å². The molecule has 1 N–H and O–H groups in total. The minimum atomic E-state index is -4.48. The summed E-state index contributed by atoms with van der Waals surface area (Å²) in [5.74, 6) is -1.56. The van der Waals surface area contributed by atoms with Crippen LogP contribution in [0, 0.1) is 16.7 Å². The number of carbonyl (C=O) groups is 2. The van der Waals surface area contributed by atoms with Gasteiger partial charge in [0, 0.05) is 31.6 Å². The third kappa shape index (κ3) is 2.11. The lowest BCUT2D eigenvalue weighted by atomic mass is 9.71. The molecule has 1 aliphatic carbocycles. The van der Waals surface area contributed by atoms with Gasteiger partial charge in [-0.05, 0) is 19.8 Å². The predicted molar refractivity (Wildman–Crippen MR) is 69.7 cm³/mol. The van der Waals surface area contributed by atoms with E-state index in [4.69, 9.17) is 4.74 Å². The van der Waals surface area contributed by atoms with Crippen molar-refractivity contribution in [3.8, 4) is 0 Å². The Morgan fingerprint density at radius 1 is 1.32 bits per heavy atom. The SMILES string of the molecule is CCOC(=O)C1CNCC12CN(C(=O)C1(C(F)(F)F)CC1)C2. The van der Waals surface area contributed by atoms with Crippen LogP contribution in [-0.4, -0.2) is 55.7 Å². The molecule has 0 bridgehead atoms. The van der Waals surface area contributed by atoms with Gasteiger partial charge in [0.15, 0.2) is 0 Å². The van der Waals surface area contributed by atoms with Gasteiger partial charge < -0.3 is 15.0 Å². The maximum Gasteiger partial charge on any atom is 0.403 e. The summed E-state index contributed by atoms with van der Waals surface area (Å²) in [5.41, 5.74) is -2.64. The van der Waals surface area contributed by atoms with Crippen LogP contribution in [0.25, 0.3) is 0 Å². The zero-order valence-corrected chi connectivity index (χ0v) is 12.3. The van der Waals surface area contributed by atoms with E-state index in [9.17, 15) is 22.8 Å². The van der Waals surface area contributed by atoms with E-state index in [0.717, 1.165) is 0 Å². The lowest BCUT2D eigenvalue weighted by Gasteiger charge is -2.51. The van der Waals surface area contributed by atoms with Gasteiger partial charge in [0.05, 0.1) is 12.5 Å². The van der Waals surface area contributed by atoms with Gasteiger partial charge in [-0.25, -0.2) is 0 Å². The molecule has 1 amide bonds. The number of rotatable bonds is 3. The molecule has 2 heterocycles. The minimum Gasteiger partial charge on any atom is -0.466 e. The van der Waals surface area contributed by atoms with Crippen molar-refractivity contribution in [2.24, 2.45) is 16.7 Å². The Balaban J connectivity index is 1.66. The fourth-order valence-corrected chi connectivity index (χ4v) is 3.62. The lowest BCUT2D eigenvalue weighted by molar-refractivity contribution is -0.206. The molecule has 3 rings (SSSR count). The van der Waals surface area contributed by atoms with Gasteiger partial charge in [0.25, 0.3) is 0 Å². The van der Waals surface area contributed by atoms with Crippen LogP contribution in [0.2, 0.25) is 0 Å². The molecule has 2 aliphatic heterocycles. The fourth-order valence-electron chi connectivity index (χ4n) is 3.62. The highest BCUT2D eigenvalue weighted by molar-refractivity contribution is 5.87. The second kappa shape index (κ2) is 4.84. The van der Waals surface area contributed by atoms with Crippen molar-refractivity contribution in [1.82, 2.24) is 10.2 Å². The highest BCUT2D eigenvalue weighted by Crippen LogP contribution is 2.59. The molecule has 1 atom stereocenters. The van der Waals surface area contributed by atoms with Crippen molar-refractivity contribution in [2.75, 3.05) is 32.8 Å². The van der Waals surface area contributed by atoms with E-state index in [1.54, 1.807) is 6.92 Å². The number of esters is 1. The molecule has 2 saturated heterocycles. The van der Waals surface area contributed by atoms with Crippen LogP contribution in [0.4, 0.5) is 13.2 Å². The first-order valence-electron chi connectivity index (χ1n) is 7.49. The number of nitrogens with one attached hydrogen (secondary N) is 1. The minimum absolute atomic E-state index is 0.127. The number of amides is 1. The normalized spacial score (nSPS) is 28.4. The van der Waals surface area contributed by atoms with Gasteiger partial charge in [0.1, 0.15) is 5.41 Å². The smallest absolute Gasteiger partial charge is 0.403 e. The Labute approximate surface area is 126 Å². The zero-order chi connectivity index (χ0) is 16.2. The van der Waals surface area contributed by atoms with Gasteiger partial charge in [-0.2, -0.15) is 13.2 Å². The Kier molecular flexibility index (Phi) is 3.43. The highest BCUT2D eigenvalue weighted by Gasteiger charge is 2.71. The van der Waals surface area contributed by atoms with Crippen LogP contribution < -0.4 is 5.32 Å². The third-order valence-corrected chi connectivity index (χ3v) is 5.14. The van der Waals surface area contributed by atoms with Crippen LogP contribution in [0.15, 0.2) is 0 Å². The maximum atomic E-state index is 13.0. The maximum absolute atomic E-state index is 13.0. The standard InChI is InChI=1S/C14H19F3N2O3/c1-2-22-10(20)9-5-18-6-12(9)7-19(8-12)11(21)13(3-4-13)14(15,16)17/h9,18H,2-8H2,1H3. The molecular formula is C14H19F3N2O3. The summed E-state index contributed by atoms with van der Waals surface area (Å²) in [6.45, 7) is 3.35. The van der Waals surface area contributed by atoms with Crippen molar-refractivity contribution in [3.63, 3.8) is 0 Å². The van der Waals surface area contributed by atoms with Gasteiger partial charge in [-0.3, -0.25) is 9.59 Å². The molecule has 1 spiro atoms. The van der Waals surface area contributed by atoms with Crippen molar-refractivity contribution in [3.05, 3.63) is 0 Å². The largest absolute Gasteiger partial charge is 0.466 e. The monoisotopic (exact) mass is 320 g/mol. The van der Waals surface area contributed by atoms with Crippen molar-refractivity contribution >= 4 is 11.9 Å². The van der Waals surface area contributed by atoms with Crippen LogP contribution in [-0.2, 0) is 14.3 Å². The van der Waals surface area contributed by atoms with Crippen LogP contribution in [0.3, 0.4) is 0 Å². The van der Waals surface area contributed by atoms with Gasteiger partial charge in [-0.1, -0.05) is 0 Å². The average molecular weight is 320 g/mol. The molecule has 124 valence electrons. The molecule has 0 radical (unpaired) electrons. The molecule has 3 fully saturated rings. The number of ether oxygens (including phenoxy) is 1. The molecule has 22 heavy (non-hydrogen) atoms. The van der Waals surface area contributed by atoms with E-state index < -0.39 is 28.8 Å². The molecule has 8 heteroatoms. The molecule has 1 saturated carbocycles. The Morgan fingerprint density at radius 3 is 2.45 bits per heavy atom. The average Bonchev–Trinajstić information content (AvgIpc) is 3.09. The number of likely N-dealkylation sites (tertiary alicyclic amines) is 1. The van der Waals surface area contributed by atoms with Crippen molar-refractivity contribution in [2.45, 2.75) is 25.9 Å². The van der Waals surface area contributed by atoms with E-state index in [2.05, 4.69) is 5.32 Å². The topological polar surface area (TPSA) is 58.6 Å². The lowest BCUT2D eigenvalue weighted by Crippen LogP contribution is -2.65. The molecular weight excluding hydrogens is 301 g/mol. The van der Waals surface area contributed by atoms with E-state index in [1.165, 1.54) is 4.90 Å². The van der Waals surface area contributed by atoms with Crippen LogP contribution in [0.1, 0.15) is 19.8 Å². The number of hydrogen-bond acceptors (Lipinski definition) is 4. The van der Waals surface area contributed by atoms with Crippen LogP contribution >= 0.6 is 0 Å². The summed E-state index contributed by atoms with van der Waals surface area (Å²) in [6, 6.07) is 0. The van der Waals surface area contributed by atoms with E-state index in [1.807, 2.05) is 0 Å².